The largest absolute Gasteiger partial charge is 0.486 e. The van der Waals surface area contributed by atoms with Gasteiger partial charge in [0.25, 0.3) is 0 Å². The maximum absolute atomic E-state index is 7.61. The lowest BCUT2D eigenvalue weighted by molar-refractivity contribution is -0.107. The predicted molar refractivity (Wildman–Crippen MR) is 322 cm³/mol. The van der Waals surface area contributed by atoms with Crippen LogP contribution in [-0.4, -0.2) is 62.3 Å². The third kappa shape index (κ3) is 7.17. The number of hydrogen-bond donors (Lipinski definition) is 2. The number of benzene rings is 4. The number of rotatable bonds is 8. The van der Waals surface area contributed by atoms with Crippen LogP contribution in [0.2, 0.25) is 0 Å². The first-order chi connectivity index (χ1) is 41.1. The minimum Gasteiger partial charge on any atom is -0.486 e. The fourth-order valence-electron chi connectivity index (χ4n) is 23.8. The summed E-state index contributed by atoms with van der Waals surface area (Å²) < 4.78 is 30.4. The molecule has 16 aliphatic carbocycles. The third-order valence-corrected chi connectivity index (χ3v) is 25.0. The molecule has 7 aromatic rings. The van der Waals surface area contributed by atoms with Crippen molar-refractivity contribution in [2.75, 3.05) is 0 Å². The first-order valence-electron chi connectivity index (χ1n) is 33.2. The smallest absolute Gasteiger partial charge is 0.168 e. The van der Waals surface area contributed by atoms with E-state index in [4.69, 9.17) is 48.9 Å². The van der Waals surface area contributed by atoms with E-state index in [1.807, 2.05) is 0 Å². The molecule has 0 spiro atoms. The van der Waals surface area contributed by atoms with Crippen LogP contribution < -0.4 is 18.9 Å². The van der Waals surface area contributed by atoms with Crippen molar-refractivity contribution in [3.63, 3.8) is 0 Å². The Morgan fingerprint density at radius 1 is 0.286 bits per heavy atom. The average Bonchev–Trinajstić information content (AvgIpc) is 2.50. The normalized spacial score (nSPS) is 38.0. The summed E-state index contributed by atoms with van der Waals surface area (Å²) in [7, 11) is 0. The van der Waals surface area contributed by atoms with E-state index in [0.29, 0.717) is 45.9 Å². The van der Waals surface area contributed by atoms with Gasteiger partial charge < -0.3 is 28.9 Å². The van der Waals surface area contributed by atoms with Crippen molar-refractivity contribution in [1.82, 2.24) is 39.9 Å². The maximum Gasteiger partial charge on any atom is 0.168 e. The van der Waals surface area contributed by atoms with Gasteiger partial charge >= 0.3 is 0 Å². The molecule has 16 saturated carbocycles. The van der Waals surface area contributed by atoms with Gasteiger partial charge in [0.15, 0.2) is 23.3 Å². The standard InChI is InChI=1S/C72H74N8O4/c1-5-49-57(53(9-1)81-69-25-37-13-38(26-69)15-39(14-37)27-69)65-73-61(49)77-66-58-50(6-2-10-54(58)82-70-28-40-16-41(29-70)18-42(17-40)30-70)63(74-66)79-68-60-52(8-4-12-56(60)84-72-34-46-22-47(35-72)24-48(23-46)36-72)64(76-68)80-67-59-51(62(75-67)78-65)7-3-11-55(59)83-71-31-43-19-44(32-71)21-45(20-43)33-71/h1-12,37-48H,13-36H2,(H2,73,74,75,76,77,78,79,80). The zero-order chi connectivity index (χ0) is 54.4. The molecule has 12 heteroatoms. The molecule has 0 radical (unpaired) electrons. The fraction of sp³-hybridized carbons (Fsp3) is 0.556. The lowest BCUT2D eigenvalue weighted by atomic mass is 9.54. The molecule has 2 aliphatic heterocycles. The van der Waals surface area contributed by atoms with E-state index >= 15 is 0 Å². The SMILES string of the molecule is c1cc(OC23CC4CC(CC(C4)C2)C3)c2c(c1)-c1nc-2nc2[nH]c(nc3nc(nc4[nH]c(n1)c1c(OC56CC7CC(CC(C7)C5)C6)cccc41)-c1c(OC45CC6CC(CC(C6)C4)C5)cccc1-3)c1c(OC34CC5CC(CC(C5)C3)C4)cccc21. The number of H-pyrrole nitrogens is 2. The second-order valence-electron chi connectivity index (χ2n) is 31.1. The Kier molecular flexibility index (Phi) is 9.47. The Labute approximate surface area is 489 Å². The maximum atomic E-state index is 7.61. The van der Waals surface area contributed by atoms with Gasteiger partial charge in [-0.2, -0.15) is 0 Å². The minimum atomic E-state index is -0.192. The Morgan fingerprint density at radius 3 is 0.857 bits per heavy atom. The Morgan fingerprint density at radius 2 is 0.548 bits per heavy atom. The van der Waals surface area contributed by atoms with Crippen LogP contribution in [0, 0.1) is 71.0 Å². The molecule has 3 aromatic heterocycles. The van der Waals surface area contributed by atoms with E-state index < -0.39 is 0 Å². The number of aromatic amines is 2. The van der Waals surface area contributed by atoms with Gasteiger partial charge in [0.2, 0.25) is 0 Å². The van der Waals surface area contributed by atoms with Gasteiger partial charge in [-0.05, 0) is 249 Å². The second-order valence-corrected chi connectivity index (χ2v) is 31.1. The van der Waals surface area contributed by atoms with Crippen LogP contribution in [0.3, 0.4) is 0 Å². The molecule has 18 aliphatic rings. The van der Waals surface area contributed by atoms with Crippen molar-refractivity contribution < 1.29 is 18.9 Å². The topological polar surface area (TPSA) is 146 Å². The lowest BCUT2D eigenvalue weighted by Gasteiger charge is -2.56. The second kappa shape index (κ2) is 16.7. The summed E-state index contributed by atoms with van der Waals surface area (Å²) in [6.45, 7) is 0. The summed E-state index contributed by atoms with van der Waals surface area (Å²) in [5, 5.41) is 3.71. The van der Waals surface area contributed by atoms with Gasteiger partial charge in [0.1, 0.15) is 68.0 Å². The van der Waals surface area contributed by atoms with Gasteiger partial charge in [0, 0.05) is 21.9 Å². The molecule has 2 N–H and O–H groups in total. The van der Waals surface area contributed by atoms with Crippen LogP contribution in [0.15, 0.2) is 72.8 Å². The van der Waals surface area contributed by atoms with Crippen molar-refractivity contribution in [2.45, 2.75) is 177 Å². The van der Waals surface area contributed by atoms with Gasteiger partial charge in [-0.3, -0.25) is 0 Å². The van der Waals surface area contributed by atoms with Crippen molar-refractivity contribution in [3.8, 4) is 68.5 Å². The first-order valence-corrected chi connectivity index (χ1v) is 33.2. The van der Waals surface area contributed by atoms with E-state index in [1.165, 1.54) is 77.0 Å². The molecular formula is C72H74N8O4. The molecule has 426 valence electrons. The minimum absolute atomic E-state index is 0.189. The van der Waals surface area contributed by atoms with E-state index in [9.17, 15) is 0 Å². The van der Waals surface area contributed by atoms with Crippen molar-refractivity contribution in [2.24, 2.45) is 71.0 Å². The highest BCUT2D eigenvalue weighted by Crippen LogP contribution is 2.62. The van der Waals surface area contributed by atoms with E-state index in [2.05, 4.69) is 82.8 Å². The average molecular weight is 1120 g/mol. The van der Waals surface area contributed by atoms with Crippen molar-refractivity contribution >= 4 is 44.1 Å². The fourth-order valence-corrected chi connectivity index (χ4v) is 23.8. The van der Waals surface area contributed by atoms with Crippen LogP contribution >= 0.6 is 0 Å². The summed E-state index contributed by atoms with van der Waals surface area (Å²) >= 11 is 0. The summed E-state index contributed by atoms with van der Waals surface area (Å²) in [6, 6.07) is 26.0. The van der Waals surface area contributed by atoms with Gasteiger partial charge in [-0.25, -0.2) is 29.9 Å². The number of aromatic nitrogens is 8. The third-order valence-electron chi connectivity index (χ3n) is 25.0. The monoisotopic (exact) mass is 1110 g/mol. The molecule has 5 heterocycles. The van der Waals surface area contributed by atoms with Crippen LogP contribution in [-0.2, 0) is 0 Å². The van der Waals surface area contributed by atoms with E-state index in [-0.39, 0.29) is 22.4 Å². The van der Waals surface area contributed by atoms with Gasteiger partial charge in [-0.15, -0.1) is 0 Å². The van der Waals surface area contributed by atoms with Crippen LogP contribution in [0.5, 0.6) is 23.0 Å². The molecule has 12 nitrogen and oxygen atoms in total. The van der Waals surface area contributed by atoms with Gasteiger partial charge in [0.05, 0.1) is 21.9 Å². The molecule has 0 saturated heterocycles. The van der Waals surface area contributed by atoms with Crippen molar-refractivity contribution in [1.29, 1.82) is 0 Å². The molecule has 0 unspecified atom stereocenters. The summed E-state index contributed by atoms with van der Waals surface area (Å²) in [5.41, 5.74) is 5.52. The van der Waals surface area contributed by atoms with E-state index in [0.717, 1.165) is 215 Å². The Hall–Kier alpha value is -6.56. The number of nitrogens with one attached hydrogen (secondary N) is 2. The number of nitrogens with zero attached hydrogens (tertiary/aromatic N) is 6. The van der Waals surface area contributed by atoms with Crippen LogP contribution in [0.4, 0.5) is 0 Å². The first kappa shape index (κ1) is 47.7. The summed E-state index contributed by atoms with van der Waals surface area (Å²) in [5.74, 6) is 14.5. The molecular weight excluding hydrogens is 1040 g/mol. The zero-order valence-corrected chi connectivity index (χ0v) is 48.1. The van der Waals surface area contributed by atoms with Crippen LogP contribution in [0.25, 0.3) is 89.7 Å². The molecule has 0 amide bonds. The highest BCUT2D eigenvalue weighted by Gasteiger charge is 2.57. The number of hydrogen-bond acceptors (Lipinski definition) is 10. The molecule has 24 bridgehead atoms. The predicted octanol–water partition coefficient (Wildman–Crippen LogP) is 16.3. The van der Waals surface area contributed by atoms with Crippen molar-refractivity contribution in [3.05, 3.63) is 72.8 Å². The molecule has 4 aromatic carbocycles. The Balaban J connectivity index is 0.818. The van der Waals surface area contributed by atoms with Crippen LogP contribution in [0.1, 0.15) is 154 Å². The molecule has 84 heavy (non-hydrogen) atoms. The lowest BCUT2D eigenvalue weighted by Crippen LogP contribution is -2.53. The quantitative estimate of drug-likeness (QED) is 0.151. The van der Waals surface area contributed by atoms with E-state index in [1.54, 1.807) is 0 Å². The summed E-state index contributed by atoms with van der Waals surface area (Å²) in [4.78, 5) is 41.7. The zero-order valence-electron chi connectivity index (χ0n) is 48.1. The highest BCUT2D eigenvalue weighted by atomic mass is 16.5. The summed E-state index contributed by atoms with van der Waals surface area (Å²) in [6.07, 6.45) is 29.5. The number of fused-ring (bicyclic) bond motifs is 20. The molecule has 0 atom stereocenters. The Bertz CT molecular complexity index is 3790. The number of ether oxygens (including phenoxy) is 4. The highest BCUT2D eigenvalue weighted by molar-refractivity contribution is 6.10. The molecule has 25 rings (SSSR count). The molecule has 16 fully saturated rings. The van der Waals surface area contributed by atoms with Gasteiger partial charge in [-0.1, -0.05) is 48.5 Å².